The van der Waals surface area contributed by atoms with Crippen LogP contribution >= 0.6 is 0 Å². The van der Waals surface area contributed by atoms with Crippen molar-refractivity contribution < 1.29 is 4.39 Å². The van der Waals surface area contributed by atoms with Crippen molar-refractivity contribution in [1.29, 1.82) is 0 Å². The topological polar surface area (TPSA) is 38.0 Å². The number of nitrogens with two attached hydrogens (primary N) is 1. The van der Waals surface area contributed by atoms with Crippen LogP contribution in [0.1, 0.15) is 32.1 Å². The summed E-state index contributed by atoms with van der Waals surface area (Å²) in [7, 11) is 0. The lowest BCUT2D eigenvalue weighted by Gasteiger charge is -2.26. The lowest BCUT2D eigenvalue weighted by molar-refractivity contribution is 0.335. The molecule has 0 aromatic rings. The zero-order valence-electron chi connectivity index (χ0n) is 7.56. The maximum Gasteiger partial charge on any atom is 0.0906 e. The highest BCUT2D eigenvalue weighted by Gasteiger charge is 2.17. The van der Waals surface area contributed by atoms with E-state index in [-0.39, 0.29) is 6.67 Å². The zero-order valence-corrected chi connectivity index (χ0v) is 7.56. The average Bonchev–Trinajstić information content (AvgIpc) is 2.09. The average molecular weight is 174 g/mol. The molecular weight excluding hydrogens is 155 g/mol. The van der Waals surface area contributed by atoms with Gasteiger partial charge in [0.25, 0.3) is 0 Å². The molecule has 0 atom stereocenters. The van der Waals surface area contributed by atoms with Crippen LogP contribution in [0.5, 0.6) is 0 Å². The van der Waals surface area contributed by atoms with Gasteiger partial charge in [0.2, 0.25) is 0 Å². The summed E-state index contributed by atoms with van der Waals surface area (Å²) < 4.78 is 11.7. The fourth-order valence-electron chi connectivity index (χ4n) is 1.70. The van der Waals surface area contributed by atoms with Gasteiger partial charge in [-0.1, -0.05) is 0 Å². The summed E-state index contributed by atoms with van der Waals surface area (Å²) in [6, 6.07) is 1.00. The summed E-state index contributed by atoms with van der Waals surface area (Å²) in [5, 5.41) is 3.35. The van der Waals surface area contributed by atoms with Gasteiger partial charge in [0.1, 0.15) is 0 Å². The Morgan fingerprint density at radius 3 is 2.50 bits per heavy atom. The molecule has 0 unspecified atom stereocenters. The molecule has 1 aliphatic carbocycles. The Morgan fingerprint density at radius 2 is 1.92 bits per heavy atom. The molecule has 3 N–H and O–H groups in total. The number of hydrogen-bond donors (Lipinski definition) is 2. The van der Waals surface area contributed by atoms with Crippen molar-refractivity contribution in [2.75, 3.05) is 13.2 Å². The van der Waals surface area contributed by atoms with Crippen molar-refractivity contribution in [2.45, 2.75) is 44.2 Å². The van der Waals surface area contributed by atoms with Crippen molar-refractivity contribution in [3.8, 4) is 0 Å². The fourth-order valence-corrected chi connectivity index (χ4v) is 1.70. The van der Waals surface area contributed by atoms with Gasteiger partial charge in [0.15, 0.2) is 0 Å². The third-order valence-corrected chi connectivity index (χ3v) is 2.52. The molecule has 0 aromatic carbocycles. The SMILES string of the molecule is N[C@H]1CC[C@H](NCCCF)CC1. The Morgan fingerprint density at radius 1 is 1.25 bits per heavy atom. The summed E-state index contributed by atoms with van der Waals surface area (Å²) >= 11 is 0. The molecule has 12 heavy (non-hydrogen) atoms. The van der Waals surface area contributed by atoms with Gasteiger partial charge in [-0.05, 0) is 38.6 Å². The molecule has 1 saturated carbocycles. The summed E-state index contributed by atoms with van der Waals surface area (Å²) in [5.74, 6) is 0. The minimum absolute atomic E-state index is 0.209. The highest BCUT2D eigenvalue weighted by molar-refractivity contribution is 4.78. The molecule has 0 heterocycles. The van der Waals surface area contributed by atoms with Crippen molar-refractivity contribution in [2.24, 2.45) is 5.73 Å². The molecule has 3 heteroatoms. The van der Waals surface area contributed by atoms with E-state index >= 15 is 0 Å². The molecule has 0 radical (unpaired) electrons. The Labute approximate surface area is 73.7 Å². The second kappa shape index (κ2) is 5.49. The van der Waals surface area contributed by atoms with E-state index in [0.29, 0.717) is 18.5 Å². The Hall–Kier alpha value is -0.150. The predicted molar refractivity (Wildman–Crippen MR) is 48.8 cm³/mol. The van der Waals surface area contributed by atoms with Gasteiger partial charge in [-0.15, -0.1) is 0 Å². The van der Waals surface area contributed by atoms with Crippen LogP contribution in [0.25, 0.3) is 0 Å². The monoisotopic (exact) mass is 174 g/mol. The van der Waals surface area contributed by atoms with Crippen molar-refractivity contribution in [3.05, 3.63) is 0 Å². The first kappa shape index (κ1) is 9.93. The van der Waals surface area contributed by atoms with Crippen LogP contribution in [0.2, 0.25) is 0 Å². The normalized spacial score (nSPS) is 30.5. The summed E-state index contributed by atoms with van der Waals surface area (Å²) in [5.41, 5.74) is 5.76. The lowest BCUT2D eigenvalue weighted by atomic mass is 9.92. The summed E-state index contributed by atoms with van der Waals surface area (Å²) in [6.45, 7) is 0.607. The molecule has 1 rings (SSSR count). The van der Waals surface area contributed by atoms with E-state index in [0.717, 1.165) is 32.2 Å². The van der Waals surface area contributed by atoms with E-state index in [4.69, 9.17) is 5.73 Å². The third-order valence-electron chi connectivity index (χ3n) is 2.52. The Bertz CT molecular complexity index is 111. The smallest absolute Gasteiger partial charge is 0.0906 e. The van der Waals surface area contributed by atoms with Crippen LogP contribution in [-0.2, 0) is 0 Å². The molecule has 0 spiro atoms. The van der Waals surface area contributed by atoms with Crippen LogP contribution in [0.4, 0.5) is 4.39 Å². The predicted octanol–water partition coefficient (Wildman–Crippen LogP) is 1.21. The van der Waals surface area contributed by atoms with Gasteiger partial charge in [-0.2, -0.15) is 0 Å². The maximum absolute atomic E-state index is 11.7. The molecule has 0 bridgehead atoms. The first-order valence-electron chi connectivity index (χ1n) is 4.88. The number of nitrogens with one attached hydrogen (secondary N) is 1. The molecule has 0 aromatic heterocycles. The van der Waals surface area contributed by atoms with Crippen LogP contribution in [-0.4, -0.2) is 25.3 Å². The van der Waals surface area contributed by atoms with Gasteiger partial charge < -0.3 is 11.1 Å². The van der Waals surface area contributed by atoms with E-state index in [1.165, 1.54) is 0 Å². The van der Waals surface area contributed by atoms with Crippen molar-refractivity contribution in [3.63, 3.8) is 0 Å². The van der Waals surface area contributed by atoms with Crippen LogP contribution < -0.4 is 11.1 Å². The minimum Gasteiger partial charge on any atom is -0.328 e. The molecule has 1 fully saturated rings. The number of alkyl halides is 1. The van der Waals surface area contributed by atoms with Gasteiger partial charge in [0.05, 0.1) is 6.67 Å². The molecular formula is C9H19FN2. The second-order valence-electron chi connectivity index (χ2n) is 3.61. The molecule has 1 aliphatic rings. The van der Waals surface area contributed by atoms with E-state index in [2.05, 4.69) is 5.32 Å². The Kier molecular flexibility index (Phi) is 4.54. The number of hydrogen-bond acceptors (Lipinski definition) is 2. The first-order valence-corrected chi connectivity index (χ1v) is 4.88. The maximum atomic E-state index is 11.7. The minimum atomic E-state index is -0.209. The molecule has 0 saturated heterocycles. The van der Waals surface area contributed by atoms with Crippen molar-refractivity contribution in [1.82, 2.24) is 5.32 Å². The van der Waals surface area contributed by atoms with Crippen molar-refractivity contribution >= 4 is 0 Å². The first-order chi connectivity index (χ1) is 5.83. The highest BCUT2D eigenvalue weighted by Crippen LogP contribution is 2.16. The van der Waals surface area contributed by atoms with Gasteiger partial charge >= 0.3 is 0 Å². The van der Waals surface area contributed by atoms with Gasteiger partial charge in [-0.25, -0.2) is 0 Å². The van der Waals surface area contributed by atoms with E-state index < -0.39 is 0 Å². The van der Waals surface area contributed by atoms with E-state index in [1.807, 2.05) is 0 Å². The van der Waals surface area contributed by atoms with E-state index in [1.54, 1.807) is 0 Å². The van der Waals surface area contributed by atoms with Gasteiger partial charge in [0, 0.05) is 12.1 Å². The molecule has 2 nitrogen and oxygen atoms in total. The number of rotatable bonds is 4. The van der Waals surface area contributed by atoms with Crippen LogP contribution in [0, 0.1) is 0 Å². The fraction of sp³-hybridized carbons (Fsp3) is 1.00. The van der Waals surface area contributed by atoms with E-state index in [9.17, 15) is 4.39 Å². The molecule has 0 aliphatic heterocycles. The quantitative estimate of drug-likeness (QED) is 0.629. The largest absolute Gasteiger partial charge is 0.328 e. The number of halogens is 1. The van der Waals surface area contributed by atoms with Crippen LogP contribution in [0.3, 0.4) is 0 Å². The highest BCUT2D eigenvalue weighted by atomic mass is 19.1. The Balaban J connectivity index is 2.01. The van der Waals surface area contributed by atoms with Gasteiger partial charge in [-0.3, -0.25) is 4.39 Å². The lowest BCUT2D eigenvalue weighted by Crippen LogP contribution is -2.37. The summed E-state index contributed by atoms with van der Waals surface area (Å²) in [4.78, 5) is 0. The molecule has 0 amide bonds. The summed E-state index contributed by atoms with van der Waals surface area (Å²) in [6.07, 6.45) is 5.20. The molecule has 72 valence electrons. The standard InChI is InChI=1S/C9H19FN2/c10-6-1-7-12-9-4-2-8(11)3-5-9/h8-9,12H,1-7,11H2/t8-,9-. The van der Waals surface area contributed by atoms with Crippen LogP contribution in [0.15, 0.2) is 0 Å². The third kappa shape index (κ3) is 3.50. The zero-order chi connectivity index (χ0) is 8.81. The second-order valence-corrected chi connectivity index (χ2v) is 3.61.